The molecule has 3 nitrogen and oxygen atoms in total. The fraction of sp³-hybridized carbons (Fsp3) is 0.545. The highest BCUT2D eigenvalue weighted by molar-refractivity contribution is 7.15. The van der Waals surface area contributed by atoms with Gasteiger partial charge in [0, 0.05) is 36.4 Å². The van der Waals surface area contributed by atoms with Gasteiger partial charge in [0.05, 0.1) is 0 Å². The van der Waals surface area contributed by atoms with Gasteiger partial charge in [-0.05, 0) is 12.5 Å². The van der Waals surface area contributed by atoms with Crippen LogP contribution in [0.15, 0.2) is 17.8 Å². The van der Waals surface area contributed by atoms with Gasteiger partial charge < -0.3 is 5.32 Å². The Morgan fingerprint density at radius 2 is 2.40 bits per heavy atom. The summed E-state index contributed by atoms with van der Waals surface area (Å²) >= 11 is 1.71. The van der Waals surface area contributed by atoms with Crippen molar-refractivity contribution in [2.75, 3.05) is 13.1 Å². The molecule has 0 saturated carbocycles. The lowest BCUT2D eigenvalue weighted by Gasteiger charge is -2.06. The highest BCUT2D eigenvalue weighted by Gasteiger charge is 2.03. The number of aromatic nitrogens is 2. The van der Waals surface area contributed by atoms with Crippen LogP contribution in [0.3, 0.4) is 0 Å². The van der Waals surface area contributed by atoms with Gasteiger partial charge in [0.15, 0.2) is 4.96 Å². The van der Waals surface area contributed by atoms with Crippen LogP contribution in [0.25, 0.3) is 4.96 Å². The van der Waals surface area contributed by atoms with E-state index >= 15 is 0 Å². The molecule has 15 heavy (non-hydrogen) atoms. The summed E-state index contributed by atoms with van der Waals surface area (Å²) in [6.07, 6.45) is 4.96. The fourth-order valence-electron chi connectivity index (χ4n) is 1.56. The Morgan fingerprint density at radius 1 is 1.53 bits per heavy atom. The minimum absolute atomic E-state index is 0.723. The van der Waals surface area contributed by atoms with Gasteiger partial charge in [-0.1, -0.05) is 13.8 Å². The van der Waals surface area contributed by atoms with Crippen molar-refractivity contribution in [3.63, 3.8) is 0 Å². The summed E-state index contributed by atoms with van der Waals surface area (Å²) < 4.78 is 2.17. The lowest BCUT2D eigenvalue weighted by molar-refractivity contribution is 0.552. The van der Waals surface area contributed by atoms with E-state index in [2.05, 4.69) is 33.9 Å². The highest BCUT2D eigenvalue weighted by Crippen LogP contribution is 2.14. The molecule has 0 aliphatic carbocycles. The summed E-state index contributed by atoms with van der Waals surface area (Å²) in [5.41, 5.74) is 1.35. The predicted octanol–water partition coefficient (Wildman–Crippen LogP) is 2.18. The number of hydrogen-bond donors (Lipinski definition) is 1. The molecule has 0 fully saturated rings. The summed E-state index contributed by atoms with van der Waals surface area (Å²) in [5.74, 6) is 0.723. The van der Waals surface area contributed by atoms with Crippen LogP contribution in [0.2, 0.25) is 0 Å². The Hall–Kier alpha value is -0.870. The zero-order valence-electron chi connectivity index (χ0n) is 9.23. The molecule has 0 radical (unpaired) electrons. The van der Waals surface area contributed by atoms with Gasteiger partial charge in [-0.3, -0.25) is 4.40 Å². The van der Waals surface area contributed by atoms with Crippen LogP contribution in [0, 0.1) is 5.92 Å². The Morgan fingerprint density at radius 3 is 3.20 bits per heavy atom. The van der Waals surface area contributed by atoms with Gasteiger partial charge in [-0.2, -0.15) is 0 Å². The third kappa shape index (κ3) is 2.58. The first kappa shape index (κ1) is 10.6. The van der Waals surface area contributed by atoms with Crippen molar-refractivity contribution in [2.24, 2.45) is 5.92 Å². The molecule has 0 saturated heterocycles. The molecule has 0 bridgehead atoms. The molecule has 0 aromatic carbocycles. The first-order valence-electron chi connectivity index (χ1n) is 5.37. The average Bonchev–Trinajstić information content (AvgIpc) is 2.74. The van der Waals surface area contributed by atoms with Gasteiger partial charge in [-0.25, -0.2) is 4.98 Å². The Labute approximate surface area is 94.1 Å². The highest BCUT2D eigenvalue weighted by atomic mass is 32.1. The summed E-state index contributed by atoms with van der Waals surface area (Å²) in [6.45, 7) is 6.59. The Balaban J connectivity index is 1.87. The molecule has 0 aliphatic heterocycles. The van der Waals surface area contributed by atoms with E-state index in [0.29, 0.717) is 0 Å². The maximum absolute atomic E-state index is 4.26. The molecule has 0 amide bonds. The number of hydrogen-bond acceptors (Lipinski definition) is 3. The van der Waals surface area contributed by atoms with Gasteiger partial charge in [-0.15, -0.1) is 11.3 Å². The van der Waals surface area contributed by atoms with E-state index in [9.17, 15) is 0 Å². The second-order valence-electron chi connectivity index (χ2n) is 4.15. The molecule has 0 unspecified atom stereocenters. The monoisotopic (exact) mass is 223 g/mol. The maximum Gasteiger partial charge on any atom is 0.193 e. The normalized spacial score (nSPS) is 11.7. The molecule has 2 heterocycles. The molecule has 1 N–H and O–H groups in total. The largest absolute Gasteiger partial charge is 0.316 e. The number of imidazole rings is 1. The van der Waals surface area contributed by atoms with Gasteiger partial charge in [0.2, 0.25) is 0 Å². The smallest absolute Gasteiger partial charge is 0.193 e. The van der Waals surface area contributed by atoms with Crippen LogP contribution in [-0.2, 0) is 6.42 Å². The molecule has 0 spiro atoms. The van der Waals surface area contributed by atoms with Crippen LogP contribution in [-0.4, -0.2) is 22.5 Å². The van der Waals surface area contributed by atoms with Crippen molar-refractivity contribution >= 4 is 16.3 Å². The predicted molar refractivity (Wildman–Crippen MR) is 64.5 cm³/mol. The number of fused-ring (bicyclic) bond motifs is 1. The van der Waals surface area contributed by atoms with Crippen molar-refractivity contribution in [1.29, 1.82) is 0 Å². The van der Waals surface area contributed by atoms with E-state index < -0.39 is 0 Å². The van der Waals surface area contributed by atoms with Crippen molar-refractivity contribution < 1.29 is 0 Å². The van der Waals surface area contributed by atoms with Crippen molar-refractivity contribution in [2.45, 2.75) is 20.3 Å². The number of nitrogens with one attached hydrogen (secondary N) is 1. The molecule has 2 rings (SSSR count). The number of rotatable bonds is 5. The maximum atomic E-state index is 4.26. The molecule has 82 valence electrons. The first-order valence-corrected chi connectivity index (χ1v) is 6.25. The molecule has 0 atom stereocenters. The summed E-state index contributed by atoms with van der Waals surface area (Å²) in [6, 6.07) is 0. The van der Waals surface area contributed by atoms with Crippen LogP contribution in [0.1, 0.15) is 19.5 Å². The van der Waals surface area contributed by atoms with Gasteiger partial charge in [0.25, 0.3) is 0 Å². The van der Waals surface area contributed by atoms with E-state index in [-0.39, 0.29) is 0 Å². The van der Waals surface area contributed by atoms with E-state index in [1.54, 1.807) is 11.3 Å². The number of thiazole rings is 1. The minimum atomic E-state index is 0.723. The SMILES string of the molecule is CC(C)CNCCc1csc2nccn12. The zero-order chi connectivity index (χ0) is 10.7. The van der Waals surface area contributed by atoms with Crippen LogP contribution in [0.5, 0.6) is 0 Å². The van der Waals surface area contributed by atoms with Crippen LogP contribution in [0.4, 0.5) is 0 Å². The zero-order valence-corrected chi connectivity index (χ0v) is 10.0. The second kappa shape index (κ2) is 4.77. The Kier molecular flexibility index (Phi) is 3.38. The third-order valence-electron chi connectivity index (χ3n) is 2.33. The molecule has 4 heteroatoms. The van der Waals surface area contributed by atoms with Crippen molar-refractivity contribution in [1.82, 2.24) is 14.7 Å². The van der Waals surface area contributed by atoms with Crippen molar-refractivity contribution in [3.8, 4) is 0 Å². The van der Waals surface area contributed by atoms with Gasteiger partial charge >= 0.3 is 0 Å². The van der Waals surface area contributed by atoms with Gasteiger partial charge in [0.1, 0.15) is 0 Å². The lowest BCUT2D eigenvalue weighted by atomic mass is 10.2. The van der Waals surface area contributed by atoms with Crippen LogP contribution < -0.4 is 5.32 Å². The first-order chi connectivity index (χ1) is 7.27. The quantitative estimate of drug-likeness (QED) is 0.787. The van der Waals surface area contributed by atoms with E-state index in [4.69, 9.17) is 0 Å². The topological polar surface area (TPSA) is 29.3 Å². The van der Waals surface area contributed by atoms with E-state index in [1.165, 1.54) is 5.69 Å². The molecular weight excluding hydrogens is 206 g/mol. The molecule has 2 aromatic rings. The third-order valence-corrected chi connectivity index (χ3v) is 3.23. The standard InChI is InChI=1S/C11H17N3S/c1-9(2)7-12-4-3-10-8-15-11-13-5-6-14(10)11/h5-6,8-9,12H,3-4,7H2,1-2H3. The second-order valence-corrected chi connectivity index (χ2v) is 4.99. The van der Waals surface area contributed by atoms with Crippen molar-refractivity contribution in [3.05, 3.63) is 23.5 Å². The average molecular weight is 223 g/mol. The van der Waals surface area contributed by atoms with Crippen LogP contribution >= 0.6 is 11.3 Å². The molecule has 0 aliphatic rings. The Bertz CT molecular complexity index is 416. The minimum Gasteiger partial charge on any atom is -0.316 e. The summed E-state index contributed by atoms with van der Waals surface area (Å²) in [7, 11) is 0. The lowest BCUT2D eigenvalue weighted by Crippen LogP contribution is -2.22. The molecular formula is C11H17N3S. The summed E-state index contributed by atoms with van der Waals surface area (Å²) in [4.78, 5) is 5.35. The summed E-state index contributed by atoms with van der Waals surface area (Å²) in [5, 5.41) is 5.64. The number of nitrogens with zero attached hydrogens (tertiary/aromatic N) is 2. The van der Waals surface area contributed by atoms with E-state index in [1.807, 2.05) is 12.4 Å². The molecule has 2 aromatic heterocycles. The fourth-order valence-corrected chi connectivity index (χ4v) is 2.45. The van der Waals surface area contributed by atoms with E-state index in [0.717, 1.165) is 30.4 Å².